The number of aryl methyl sites for hydroxylation is 1. The average molecular weight is 633 g/mol. The van der Waals surface area contributed by atoms with Gasteiger partial charge in [0.15, 0.2) is 5.65 Å². The highest BCUT2D eigenvalue weighted by Crippen LogP contribution is 2.38. The second-order valence-electron chi connectivity index (χ2n) is 14.5. The molecule has 3 aromatic heterocycles. The molecule has 1 aliphatic rings. The summed E-state index contributed by atoms with van der Waals surface area (Å²) in [4.78, 5) is 18.9. The van der Waals surface area contributed by atoms with Gasteiger partial charge in [0.2, 0.25) is 0 Å². The minimum Gasteiger partial charge on any atom is -0.444 e. The Balaban J connectivity index is 1.48. The van der Waals surface area contributed by atoms with Crippen molar-refractivity contribution in [2.75, 3.05) is 26.3 Å². The van der Waals surface area contributed by atoms with E-state index in [0.29, 0.717) is 33.0 Å². The summed E-state index contributed by atoms with van der Waals surface area (Å²) >= 11 is 0. The normalized spacial score (nSPS) is 16.1. The number of morpholine rings is 1. The minimum atomic E-state index is -1.23. The number of amides is 1. The van der Waals surface area contributed by atoms with Crippen LogP contribution in [-0.2, 0) is 20.9 Å². The number of ether oxygens (including phenoxy) is 3. The summed E-state index contributed by atoms with van der Waals surface area (Å²) in [6.07, 6.45) is 3.08. The van der Waals surface area contributed by atoms with Gasteiger partial charge in [-0.3, -0.25) is 0 Å². The van der Waals surface area contributed by atoms with Crippen molar-refractivity contribution in [1.82, 2.24) is 29.3 Å². The second-order valence-corrected chi connectivity index (χ2v) is 20.1. The van der Waals surface area contributed by atoms with Gasteiger partial charge >= 0.3 is 6.09 Å². The van der Waals surface area contributed by atoms with Gasteiger partial charge in [-0.2, -0.15) is 10.2 Å². The Kier molecular flexibility index (Phi) is 9.53. The Morgan fingerprint density at radius 2 is 1.87 bits per heavy atom. The molecule has 1 saturated heterocycles. The molecule has 0 aliphatic carbocycles. The molecule has 5 rings (SSSR count). The van der Waals surface area contributed by atoms with Crippen LogP contribution < -0.4 is 0 Å². The summed E-state index contributed by atoms with van der Waals surface area (Å²) < 4.78 is 21.8. The maximum atomic E-state index is 12.7. The van der Waals surface area contributed by atoms with E-state index in [-0.39, 0.29) is 18.1 Å². The first-order chi connectivity index (χ1) is 21.2. The first kappa shape index (κ1) is 32.8. The zero-order valence-corrected chi connectivity index (χ0v) is 29.3. The summed E-state index contributed by atoms with van der Waals surface area (Å²) in [5.41, 5.74) is 7.51. The van der Waals surface area contributed by atoms with Crippen molar-refractivity contribution in [1.29, 1.82) is 0 Å². The number of carbonyl (C=O) groups is 1. The summed E-state index contributed by atoms with van der Waals surface area (Å²) in [5.74, 6) is 0.196. The highest BCUT2D eigenvalue weighted by molar-refractivity contribution is 6.76. The summed E-state index contributed by atoms with van der Waals surface area (Å²) in [5, 5.41) is 9.61. The number of hydrogen-bond donors (Lipinski definition) is 0. The summed E-state index contributed by atoms with van der Waals surface area (Å²) in [6.45, 7) is 21.7. The van der Waals surface area contributed by atoms with E-state index in [4.69, 9.17) is 19.3 Å². The molecule has 10 nitrogen and oxygen atoms in total. The lowest BCUT2D eigenvalue weighted by Crippen LogP contribution is -2.44. The fourth-order valence-corrected chi connectivity index (χ4v) is 6.34. The summed E-state index contributed by atoms with van der Waals surface area (Å²) in [7, 11) is -1.23. The molecule has 1 fully saturated rings. The van der Waals surface area contributed by atoms with Crippen molar-refractivity contribution in [3.63, 3.8) is 0 Å². The van der Waals surface area contributed by atoms with Gasteiger partial charge in [0.1, 0.15) is 24.8 Å². The first-order valence-corrected chi connectivity index (χ1v) is 19.6. The summed E-state index contributed by atoms with van der Waals surface area (Å²) in [6, 6.07) is 11.6. The quantitative estimate of drug-likeness (QED) is 0.141. The molecule has 242 valence electrons. The molecule has 1 aromatic carbocycles. The van der Waals surface area contributed by atoms with Gasteiger partial charge < -0.3 is 19.1 Å². The highest BCUT2D eigenvalue weighted by atomic mass is 28.3. The van der Waals surface area contributed by atoms with Crippen molar-refractivity contribution in [3.8, 4) is 22.5 Å². The van der Waals surface area contributed by atoms with Crippen LogP contribution in [-0.4, -0.2) is 75.3 Å². The predicted octanol–water partition coefficient (Wildman–Crippen LogP) is 7.31. The molecule has 0 radical (unpaired) electrons. The smallest absolute Gasteiger partial charge is 0.410 e. The third-order valence-electron chi connectivity index (χ3n) is 7.88. The van der Waals surface area contributed by atoms with Crippen molar-refractivity contribution in [2.45, 2.75) is 91.6 Å². The van der Waals surface area contributed by atoms with Gasteiger partial charge in [-0.15, -0.1) is 0 Å². The SMILES string of the molecule is Cc1cc(-c2c(C(C)C)c(-c3ccc(C4CN(C(=O)OC(C)(C)C)CCO4)cc3)nn2COCC[Si](C)(C)C)cn2ncnc12. The van der Waals surface area contributed by atoms with Crippen molar-refractivity contribution >= 4 is 19.8 Å². The molecule has 1 atom stereocenters. The lowest BCUT2D eigenvalue weighted by atomic mass is 9.93. The molecule has 1 amide bonds. The van der Waals surface area contributed by atoms with Gasteiger partial charge in [0, 0.05) is 44.1 Å². The molecule has 4 aromatic rings. The molecule has 4 heterocycles. The van der Waals surface area contributed by atoms with Crippen LogP contribution in [0.15, 0.2) is 42.9 Å². The number of pyridine rings is 1. The third-order valence-corrected chi connectivity index (χ3v) is 9.59. The first-order valence-electron chi connectivity index (χ1n) is 15.9. The molecule has 45 heavy (non-hydrogen) atoms. The molecule has 0 spiro atoms. The van der Waals surface area contributed by atoms with Gasteiger partial charge in [0.05, 0.1) is 24.5 Å². The molecular weight excluding hydrogens is 584 g/mol. The molecule has 11 heteroatoms. The maximum Gasteiger partial charge on any atom is 0.410 e. The van der Waals surface area contributed by atoms with Gasteiger partial charge in [-0.05, 0) is 56.9 Å². The van der Waals surface area contributed by atoms with E-state index in [2.05, 4.69) is 80.8 Å². The van der Waals surface area contributed by atoms with Crippen LogP contribution >= 0.6 is 0 Å². The van der Waals surface area contributed by atoms with E-state index >= 15 is 0 Å². The van der Waals surface area contributed by atoms with Gasteiger partial charge in [-0.25, -0.2) is 19.0 Å². The number of hydrogen-bond acceptors (Lipinski definition) is 7. The zero-order chi connectivity index (χ0) is 32.5. The molecule has 1 unspecified atom stereocenters. The monoisotopic (exact) mass is 632 g/mol. The van der Waals surface area contributed by atoms with Crippen LogP contribution in [0.2, 0.25) is 25.7 Å². The standard InChI is InChI=1S/C34H48N6O4Si/c1-23(2)29-30(26-12-10-25(11-13-26)28-20-38(14-15-43-28)33(41)44-34(4,5)6)37-40(22-42-16-17-45(7,8)9)31(29)27-18-24(3)32-35-21-36-39(32)19-27/h10-13,18-19,21,23,28H,14-17,20,22H2,1-9H3. The van der Waals surface area contributed by atoms with Crippen LogP contribution in [0.3, 0.4) is 0 Å². The lowest BCUT2D eigenvalue weighted by molar-refractivity contribution is -0.0432. The van der Waals surface area contributed by atoms with E-state index in [1.54, 1.807) is 11.2 Å². The molecule has 0 N–H and O–H groups in total. The second kappa shape index (κ2) is 13.1. The topological polar surface area (TPSA) is 96.0 Å². The maximum absolute atomic E-state index is 12.7. The van der Waals surface area contributed by atoms with Crippen molar-refractivity contribution in [3.05, 3.63) is 59.5 Å². The van der Waals surface area contributed by atoms with E-state index < -0.39 is 13.7 Å². The highest BCUT2D eigenvalue weighted by Gasteiger charge is 2.30. The van der Waals surface area contributed by atoms with E-state index in [1.165, 1.54) is 0 Å². The Labute approximate surface area is 267 Å². The van der Waals surface area contributed by atoms with E-state index in [9.17, 15) is 4.79 Å². The average Bonchev–Trinajstić information content (AvgIpc) is 3.60. The number of fused-ring (bicyclic) bond motifs is 1. The van der Waals surface area contributed by atoms with Crippen LogP contribution in [0, 0.1) is 6.92 Å². The van der Waals surface area contributed by atoms with Gasteiger partial charge in [0.25, 0.3) is 0 Å². The predicted molar refractivity (Wildman–Crippen MR) is 179 cm³/mol. The van der Waals surface area contributed by atoms with E-state index in [1.807, 2.05) is 36.2 Å². The minimum absolute atomic E-state index is 0.196. The van der Waals surface area contributed by atoms with Crippen LogP contribution in [0.25, 0.3) is 28.2 Å². The largest absolute Gasteiger partial charge is 0.444 e. The number of aromatic nitrogens is 5. The Hall–Kier alpha value is -3.54. The van der Waals surface area contributed by atoms with Crippen molar-refractivity contribution in [2.24, 2.45) is 0 Å². The van der Waals surface area contributed by atoms with Crippen LogP contribution in [0.5, 0.6) is 0 Å². The fourth-order valence-electron chi connectivity index (χ4n) is 5.59. The number of nitrogens with zero attached hydrogens (tertiary/aromatic N) is 6. The number of rotatable bonds is 9. The molecule has 0 bridgehead atoms. The Morgan fingerprint density at radius 3 is 2.53 bits per heavy atom. The molecular formula is C34H48N6O4Si. The lowest BCUT2D eigenvalue weighted by Gasteiger charge is -2.34. The zero-order valence-electron chi connectivity index (χ0n) is 28.3. The van der Waals surface area contributed by atoms with E-state index in [0.717, 1.165) is 50.9 Å². The third kappa shape index (κ3) is 7.82. The molecule has 0 saturated carbocycles. The molecule has 1 aliphatic heterocycles. The Morgan fingerprint density at radius 1 is 1.13 bits per heavy atom. The van der Waals surface area contributed by atoms with Gasteiger partial charge in [-0.1, -0.05) is 57.8 Å². The van der Waals surface area contributed by atoms with Crippen molar-refractivity contribution < 1.29 is 19.0 Å². The number of benzene rings is 1. The van der Waals surface area contributed by atoms with Crippen LogP contribution in [0.4, 0.5) is 4.79 Å². The fraction of sp³-hybridized carbons (Fsp3) is 0.529. The Bertz CT molecular complexity index is 1630. The van der Waals surface area contributed by atoms with Crippen LogP contribution in [0.1, 0.15) is 63.3 Å². The number of carbonyl (C=O) groups excluding carboxylic acids is 1.